The minimum absolute atomic E-state index is 0.536. The van der Waals surface area contributed by atoms with Gasteiger partial charge in [-0.1, -0.05) is 29.8 Å². The Kier molecular flexibility index (Phi) is 3.54. The van der Waals surface area contributed by atoms with E-state index in [-0.39, 0.29) is 0 Å². The molecule has 0 radical (unpaired) electrons. The second kappa shape index (κ2) is 5.10. The molecular weight excluding hydrogens is 220 g/mol. The zero-order valence-electron chi connectivity index (χ0n) is 8.86. The molecule has 82 valence electrons. The summed E-state index contributed by atoms with van der Waals surface area (Å²) in [4.78, 5) is 4.35. The molecule has 0 spiro atoms. The highest BCUT2D eigenvalue weighted by Crippen LogP contribution is 2.12. The van der Waals surface area contributed by atoms with E-state index >= 15 is 0 Å². The van der Waals surface area contributed by atoms with Crippen LogP contribution in [0.4, 0.5) is 0 Å². The predicted octanol–water partition coefficient (Wildman–Crippen LogP) is 2.78. The van der Waals surface area contributed by atoms with Gasteiger partial charge in [-0.15, -0.1) is 0 Å². The van der Waals surface area contributed by atoms with Crippen LogP contribution in [0.5, 0.6) is 0 Å². The normalized spacial score (nSPS) is 10.4. The van der Waals surface area contributed by atoms with E-state index in [0.717, 1.165) is 22.7 Å². The van der Waals surface area contributed by atoms with Crippen molar-refractivity contribution in [1.82, 2.24) is 4.98 Å². The van der Waals surface area contributed by atoms with Crippen LogP contribution in [0.15, 0.2) is 42.6 Å². The first-order valence-electron chi connectivity index (χ1n) is 5.16. The summed E-state index contributed by atoms with van der Waals surface area (Å²) in [5.41, 5.74) is 8.82. The van der Waals surface area contributed by atoms with E-state index in [1.807, 2.05) is 42.6 Å². The van der Waals surface area contributed by atoms with Crippen molar-refractivity contribution >= 4 is 11.6 Å². The molecule has 0 aliphatic heterocycles. The van der Waals surface area contributed by atoms with Gasteiger partial charge in [-0.05, 0) is 29.3 Å². The van der Waals surface area contributed by atoms with Gasteiger partial charge >= 0.3 is 0 Å². The highest BCUT2D eigenvalue weighted by molar-refractivity contribution is 6.30. The van der Waals surface area contributed by atoms with Crippen molar-refractivity contribution in [2.45, 2.75) is 13.0 Å². The van der Waals surface area contributed by atoms with E-state index in [9.17, 15) is 0 Å². The zero-order valence-corrected chi connectivity index (χ0v) is 9.61. The fourth-order valence-electron chi connectivity index (χ4n) is 1.49. The molecule has 2 aromatic rings. The van der Waals surface area contributed by atoms with Gasteiger partial charge in [0, 0.05) is 29.9 Å². The maximum Gasteiger partial charge on any atom is 0.0447 e. The third-order valence-corrected chi connectivity index (χ3v) is 2.67. The summed E-state index contributed by atoms with van der Waals surface area (Å²) in [5.74, 6) is 0. The fraction of sp³-hybridized carbons (Fsp3) is 0.154. The van der Waals surface area contributed by atoms with Crippen molar-refractivity contribution in [3.8, 4) is 0 Å². The monoisotopic (exact) mass is 232 g/mol. The summed E-state index contributed by atoms with van der Waals surface area (Å²) in [6.07, 6.45) is 2.65. The number of pyridine rings is 1. The molecule has 1 aromatic heterocycles. The second-order valence-electron chi connectivity index (χ2n) is 3.67. The highest BCUT2D eigenvalue weighted by Gasteiger charge is 1.98. The molecule has 2 N–H and O–H groups in total. The average Bonchev–Trinajstić information content (AvgIpc) is 2.33. The molecule has 0 saturated carbocycles. The Bertz CT molecular complexity index is 448. The molecule has 0 aliphatic carbocycles. The Balaban J connectivity index is 2.11. The van der Waals surface area contributed by atoms with Crippen molar-refractivity contribution < 1.29 is 0 Å². The van der Waals surface area contributed by atoms with Crippen molar-refractivity contribution in [1.29, 1.82) is 0 Å². The van der Waals surface area contributed by atoms with Crippen LogP contribution in [-0.2, 0) is 13.0 Å². The summed E-state index contributed by atoms with van der Waals surface area (Å²) in [6, 6.07) is 11.8. The van der Waals surface area contributed by atoms with E-state index in [1.165, 1.54) is 5.56 Å². The van der Waals surface area contributed by atoms with Crippen molar-refractivity contribution in [2.75, 3.05) is 0 Å². The van der Waals surface area contributed by atoms with Crippen LogP contribution in [-0.4, -0.2) is 4.98 Å². The van der Waals surface area contributed by atoms with Gasteiger partial charge in [0.05, 0.1) is 0 Å². The van der Waals surface area contributed by atoms with E-state index in [4.69, 9.17) is 17.3 Å². The summed E-state index contributed by atoms with van der Waals surface area (Å²) in [5, 5.41) is 0.759. The first kappa shape index (κ1) is 11.1. The molecule has 2 nitrogen and oxygen atoms in total. The number of hydrogen-bond donors (Lipinski definition) is 1. The lowest BCUT2D eigenvalue weighted by Crippen LogP contribution is -1.98. The van der Waals surface area contributed by atoms with Gasteiger partial charge in [-0.25, -0.2) is 0 Å². The number of aromatic nitrogens is 1. The molecule has 0 atom stereocenters. The first-order valence-corrected chi connectivity index (χ1v) is 5.54. The summed E-state index contributed by atoms with van der Waals surface area (Å²) >= 11 is 5.82. The number of nitrogens with two attached hydrogens (primary N) is 1. The van der Waals surface area contributed by atoms with E-state index in [2.05, 4.69) is 4.98 Å². The summed E-state index contributed by atoms with van der Waals surface area (Å²) in [6.45, 7) is 0.536. The number of benzene rings is 1. The van der Waals surface area contributed by atoms with E-state index in [1.54, 1.807) is 0 Å². The molecule has 2 rings (SSSR count). The maximum absolute atomic E-state index is 5.82. The van der Waals surface area contributed by atoms with Crippen LogP contribution in [0.2, 0.25) is 5.02 Å². The van der Waals surface area contributed by atoms with Crippen LogP contribution >= 0.6 is 11.6 Å². The molecular formula is C13H13ClN2. The lowest BCUT2D eigenvalue weighted by atomic mass is 10.1. The molecule has 0 saturated heterocycles. The van der Waals surface area contributed by atoms with E-state index in [0.29, 0.717) is 6.54 Å². The third kappa shape index (κ3) is 2.81. The van der Waals surface area contributed by atoms with Gasteiger partial charge < -0.3 is 5.73 Å². The Morgan fingerprint density at radius 2 is 1.69 bits per heavy atom. The van der Waals surface area contributed by atoms with Crippen molar-refractivity contribution in [2.24, 2.45) is 5.73 Å². The molecule has 1 heterocycles. The third-order valence-electron chi connectivity index (χ3n) is 2.42. The summed E-state index contributed by atoms with van der Waals surface area (Å²) < 4.78 is 0. The molecule has 1 aromatic carbocycles. The molecule has 3 heteroatoms. The van der Waals surface area contributed by atoms with Gasteiger partial charge in [-0.2, -0.15) is 0 Å². The number of rotatable bonds is 3. The number of nitrogens with zero attached hydrogens (tertiary/aromatic N) is 1. The molecule has 0 unspecified atom stereocenters. The van der Waals surface area contributed by atoms with Crippen LogP contribution in [0.1, 0.15) is 16.8 Å². The number of hydrogen-bond acceptors (Lipinski definition) is 2. The highest BCUT2D eigenvalue weighted by atomic mass is 35.5. The summed E-state index contributed by atoms with van der Waals surface area (Å²) in [7, 11) is 0. The molecule has 0 amide bonds. The molecule has 0 fully saturated rings. The minimum Gasteiger partial charge on any atom is -0.326 e. The first-order chi connectivity index (χ1) is 7.78. The van der Waals surface area contributed by atoms with Crippen molar-refractivity contribution in [3.63, 3.8) is 0 Å². The second-order valence-corrected chi connectivity index (χ2v) is 4.10. The predicted molar refractivity (Wildman–Crippen MR) is 66.4 cm³/mol. The van der Waals surface area contributed by atoms with Crippen LogP contribution in [0.25, 0.3) is 0 Å². The number of halogens is 1. The molecule has 0 aliphatic rings. The Hall–Kier alpha value is -1.38. The lowest BCUT2D eigenvalue weighted by Gasteiger charge is -2.02. The van der Waals surface area contributed by atoms with Gasteiger partial charge in [0.1, 0.15) is 0 Å². The van der Waals surface area contributed by atoms with Gasteiger partial charge in [0.2, 0.25) is 0 Å². The van der Waals surface area contributed by atoms with E-state index < -0.39 is 0 Å². The average molecular weight is 233 g/mol. The smallest absolute Gasteiger partial charge is 0.0447 e. The van der Waals surface area contributed by atoms with Gasteiger partial charge in [-0.3, -0.25) is 4.98 Å². The van der Waals surface area contributed by atoms with Crippen LogP contribution < -0.4 is 5.73 Å². The van der Waals surface area contributed by atoms with Gasteiger partial charge in [0.15, 0.2) is 0 Å². The Morgan fingerprint density at radius 3 is 2.25 bits per heavy atom. The largest absolute Gasteiger partial charge is 0.326 e. The van der Waals surface area contributed by atoms with Crippen LogP contribution in [0, 0.1) is 0 Å². The zero-order chi connectivity index (χ0) is 11.4. The molecule has 16 heavy (non-hydrogen) atoms. The van der Waals surface area contributed by atoms with Crippen LogP contribution in [0.3, 0.4) is 0 Å². The van der Waals surface area contributed by atoms with Gasteiger partial charge in [0.25, 0.3) is 0 Å². The van der Waals surface area contributed by atoms with Crippen molar-refractivity contribution in [3.05, 3.63) is 64.4 Å². The topological polar surface area (TPSA) is 38.9 Å². The standard InChI is InChI=1S/C13H13ClN2/c14-12-4-1-10(2-5-12)7-13-6-3-11(8-15)9-16-13/h1-6,9H,7-8,15H2. The minimum atomic E-state index is 0.536. The maximum atomic E-state index is 5.82. The quantitative estimate of drug-likeness (QED) is 0.884. The lowest BCUT2D eigenvalue weighted by molar-refractivity contribution is 1.01. The Labute approximate surface area is 100 Å². The SMILES string of the molecule is NCc1ccc(Cc2ccc(Cl)cc2)nc1. The Morgan fingerprint density at radius 1 is 1.00 bits per heavy atom. The fourth-order valence-corrected chi connectivity index (χ4v) is 1.62. The molecule has 0 bridgehead atoms.